The van der Waals surface area contributed by atoms with Gasteiger partial charge in [-0.2, -0.15) is 0 Å². The van der Waals surface area contributed by atoms with E-state index < -0.39 is 6.10 Å². The van der Waals surface area contributed by atoms with E-state index in [2.05, 4.69) is 4.98 Å². The molecule has 4 rings (SSSR count). The van der Waals surface area contributed by atoms with Gasteiger partial charge in [-0.05, 0) is 6.07 Å². The fourth-order valence-electron chi connectivity index (χ4n) is 3.83. The van der Waals surface area contributed by atoms with Crippen molar-refractivity contribution < 1.29 is 19.5 Å². The molecular weight excluding hydrogens is 328 g/mol. The molecule has 3 N–H and O–H groups in total. The van der Waals surface area contributed by atoms with E-state index >= 15 is 0 Å². The van der Waals surface area contributed by atoms with Crippen LogP contribution in [0.2, 0.25) is 0 Å². The fraction of sp³-hybridized carbons (Fsp3) is 0.286. The van der Waals surface area contributed by atoms with Crippen molar-refractivity contribution >= 4 is 16.7 Å². The maximum Gasteiger partial charge on any atom is 0.199 e. The molecule has 0 aliphatic carbocycles. The van der Waals surface area contributed by atoms with Gasteiger partial charge < -0.3 is 19.7 Å². The van der Waals surface area contributed by atoms with Crippen LogP contribution in [0.25, 0.3) is 10.9 Å². The van der Waals surface area contributed by atoms with Crippen LogP contribution in [0.15, 0.2) is 60.8 Å². The molecule has 5 heteroatoms. The van der Waals surface area contributed by atoms with Gasteiger partial charge in [0, 0.05) is 28.2 Å². The standard InChI is InChI=1S/C21H22N2O3/c24-20(17-14-22-18-9-5-4-8-16(17)18)21(25)19(15-6-2-1-3-7-15)23-10-12-26-13-11-23/h1-9,14,19,21-22,25H,10-13H2/p+1/t19-,21-/m1/s1. The number of Topliss-reactive ketones (excluding diaryl/α,β-unsaturated/α-hetero) is 1. The average molecular weight is 351 g/mol. The third kappa shape index (κ3) is 3.17. The van der Waals surface area contributed by atoms with Crippen molar-refractivity contribution in [2.75, 3.05) is 26.3 Å². The Morgan fingerprint density at radius 3 is 2.50 bits per heavy atom. The summed E-state index contributed by atoms with van der Waals surface area (Å²) >= 11 is 0. The predicted molar refractivity (Wildman–Crippen MR) is 99.3 cm³/mol. The summed E-state index contributed by atoms with van der Waals surface area (Å²) < 4.78 is 5.46. The van der Waals surface area contributed by atoms with Gasteiger partial charge in [-0.3, -0.25) is 4.79 Å². The predicted octanol–water partition coefficient (Wildman–Crippen LogP) is 1.37. The molecule has 2 aromatic carbocycles. The lowest BCUT2D eigenvalue weighted by molar-refractivity contribution is -0.941. The number of rotatable bonds is 5. The number of carbonyl (C=O) groups excluding carboxylic acids is 1. The summed E-state index contributed by atoms with van der Waals surface area (Å²) in [6.07, 6.45) is 0.595. The molecule has 26 heavy (non-hydrogen) atoms. The minimum atomic E-state index is -1.11. The first-order valence-electron chi connectivity index (χ1n) is 9.01. The largest absolute Gasteiger partial charge is 0.379 e. The molecule has 1 aromatic heterocycles. The summed E-state index contributed by atoms with van der Waals surface area (Å²) in [5, 5.41) is 11.9. The van der Waals surface area contributed by atoms with Crippen LogP contribution in [-0.4, -0.2) is 48.3 Å². The van der Waals surface area contributed by atoms with Crippen LogP contribution in [0, 0.1) is 0 Å². The second-order valence-corrected chi connectivity index (χ2v) is 6.72. The van der Waals surface area contributed by atoms with Crippen molar-refractivity contribution in [1.29, 1.82) is 0 Å². The van der Waals surface area contributed by atoms with Crippen molar-refractivity contribution in [3.8, 4) is 0 Å². The molecule has 1 fully saturated rings. The van der Waals surface area contributed by atoms with Crippen molar-refractivity contribution in [2.45, 2.75) is 12.1 Å². The third-order valence-electron chi connectivity index (χ3n) is 5.17. The van der Waals surface area contributed by atoms with E-state index in [1.165, 1.54) is 4.90 Å². The van der Waals surface area contributed by atoms with Crippen LogP contribution < -0.4 is 4.90 Å². The number of hydrogen-bond donors (Lipinski definition) is 3. The number of nitrogens with one attached hydrogen (secondary N) is 2. The summed E-state index contributed by atoms with van der Waals surface area (Å²) in [5.41, 5.74) is 2.42. The van der Waals surface area contributed by atoms with Crippen LogP contribution >= 0.6 is 0 Å². The summed E-state index contributed by atoms with van der Waals surface area (Å²) in [6.45, 7) is 2.84. The van der Waals surface area contributed by atoms with E-state index in [1.54, 1.807) is 6.20 Å². The van der Waals surface area contributed by atoms with Gasteiger partial charge in [0.05, 0.1) is 13.2 Å². The number of hydrogen-bond acceptors (Lipinski definition) is 3. The van der Waals surface area contributed by atoms with Gasteiger partial charge in [0.25, 0.3) is 0 Å². The Balaban J connectivity index is 1.69. The maximum atomic E-state index is 13.2. The highest BCUT2D eigenvalue weighted by Crippen LogP contribution is 2.23. The molecule has 3 aromatic rings. The quantitative estimate of drug-likeness (QED) is 0.608. The first-order chi connectivity index (χ1) is 12.8. The molecule has 2 atom stereocenters. The van der Waals surface area contributed by atoms with E-state index in [9.17, 15) is 9.90 Å². The number of aliphatic hydroxyl groups excluding tert-OH is 1. The average Bonchev–Trinajstić information content (AvgIpc) is 3.13. The molecule has 1 saturated heterocycles. The summed E-state index contributed by atoms with van der Waals surface area (Å²) in [5.74, 6) is -0.240. The van der Waals surface area contributed by atoms with E-state index in [-0.39, 0.29) is 11.8 Å². The first-order valence-corrected chi connectivity index (χ1v) is 9.01. The second-order valence-electron chi connectivity index (χ2n) is 6.72. The lowest BCUT2D eigenvalue weighted by Crippen LogP contribution is -3.15. The van der Waals surface area contributed by atoms with Crippen molar-refractivity contribution in [3.63, 3.8) is 0 Å². The van der Waals surface area contributed by atoms with Crippen LogP contribution in [0.3, 0.4) is 0 Å². The topological polar surface area (TPSA) is 66.8 Å². The zero-order valence-electron chi connectivity index (χ0n) is 14.5. The number of ketones is 1. The smallest absolute Gasteiger partial charge is 0.199 e. The number of ether oxygens (including phenoxy) is 1. The van der Waals surface area contributed by atoms with Gasteiger partial charge >= 0.3 is 0 Å². The van der Waals surface area contributed by atoms with Crippen LogP contribution in [0.1, 0.15) is 22.0 Å². The molecule has 0 bridgehead atoms. The summed E-state index contributed by atoms with van der Waals surface area (Å²) in [7, 11) is 0. The van der Waals surface area contributed by atoms with E-state index in [0.717, 1.165) is 29.6 Å². The minimum absolute atomic E-state index is 0.240. The number of aromatic amines is 1. The van der Waals surface area contributed by atoms with Gasteiger partial charge in [-0.15, -0.1) is 0 Å². The zero-order chi connectivity index (χ0) is 17.9. The van der Waals surface area contributed by atoms with Gasteiger partial charge in [-0.25, -0.2) is 0 Å². The number of H-pyrrole nitrogens is 1. The number of benzene rings is 2. The Labute approximate surface area is 152 Å². The monoisotopic (exact) mass is 351 g/mol. The van der Waals surface area contributed by atoms with Crippen LogP contribution in [0.5, 0.6) is 0 Å². The molecule has 0 radical (unpaired) electrons. The molecule has 2 heterocycles. The number of para-hydroxylation sites is 1. The van der Waals surface area contributed by atoms with Gasteiger partial charge in [0.15, 0.2) is 11.9 Å². The number of morpholine rings is 1. The SMILES string of the molecule is O=C(c1c[nH]c2ccccc12)[C@H](O)[C@@H](c1ccccc1)[NH+]1CCOCC1. The molecular formula is C21H23N2O3+. The molecule has 0 saturated carbocycles. The number of quaternary nitrogens is 1. The van der Waals surface area contributed by atoms with Crippen molar-refractivity contribution in [2.24, 2.45) is 0 Å². The lowest BCUT2D eigenvalue weighted by atomic mass is 9.93. The summed E-state index contributed by atoms with van der Waals surface area (Å²) in [6, 6.07) is 17.2. The molecule has 1 aliphatic heterocycles. The molecule has 0 unspecified atom stereocenters. The van der Waals surface area contributed by atoms with E-state index in [1.807, 2.05) is 54.6 Å². The first kappa shape index (κ1) is 17.0. The Bertz CT molecular complexity index is 884. The Kier molecular flexibility index (Phi) is 4.84. The Morgan fingerprint density at radius 2 is 1.73 bits per heavy atom. The number of aliphatic hydroxyl groups is 1. The number of carbonyl (C=O) groups is 1. The highest BCUT2D eigenvalue weighted by atomic mass is 16.5. The Hall–Kier alpha value is -2.47. The molecule has 0 amide bonds. The molecule has 1 aliphatic rings. The zero-order valence-corrected chi connectivity index (χ0v) is 14.5. The fourth-order valence-corrected chi connectivity index (χ4v) is 3.83. The van der Waals surface area contributed by atoms with E-state index in [0.29, 0.717) is 18.8 Å². The highest BCUT2D eigenvalue weighted by molar-refractivity contribution is 6.10. The Morgan fingerprint density at radius 1 is 1.04 bits per heavy atom. The van der Waals surface area contributed by atoms with Crippen molar-refractivity contribution in [3.05, 3.63) is 71.9 Å². The minimum Gasteiger partial charge on any atom is -0.379 e. The number of aromatic nitrogens is 1. The maximum absolute atomic E-state index is 13.2. The van der Waals surface area contributed by atoms with Gasteiger partial charge in [0.1, 0.15) is 19.1 Å². The second kappa shape index (κ2) is 7.41. The molecule has 134 valence electrons. The van der Waals surface area contributed by atoms with Crippen molar-refractivity contribution in [1.82, 2.24) is 4.98 Å². The van der Waals surface area contributed by atoms with E-state index in [4.69, 9.17) is 4.74 Å². The van der Waals surface area contributed by atoms with Gasteiger partial charge in [-0.1, -0.05) is 48.5 Å². The summed E-state index contributed by atoms with van der Waals surface area (Å²) in [4.78, 5) is 17.5. The van der Waals surface area contributed by atoms with Crippen LogP contribution in [0.4, 0.5) is 0 Å². The molecule has 0 spiro atoms. The normalized spacial score (nSPS) is 17.9. The lowest BCUT2D eigenvalue weighted by Gasteiger charge is -2.33. The van der Waals surface area contributed by atoms with Crippen LogP contribution in [-0.2, 0) is 4.74 Å². The van der Waals surface area contributed by atoms with Gasteiger partial charge in [0.2, 0.25) is 0 Å². The molecule has 5 nitrogen and oxygen atoms in total. The number of fused-ring (bicyclic) bond motifs is 1. The third-order valence-corrected chi connectivity index (χ3v) is 5.17. The highest BCUT2D eigenvalue weighted by Gasteiger charge is 2.37.